The molecule has 0 unspecified atom stereocenters. The third-order valence-electron chi connectivity index (χ3n) is 4.73. The van der Waals surface area contributed by atoms with Gasteiger partial charge in [-0.15, -0.1) is 0 Å². The van der Waals surface area contributed by atoms with Gasteiger partial charge in [-0.25, -0.2) is 4.79 Å². The molecule has 1 heterocycles. The van der Waals surface area contributed by atoms with Gasteiger partial charge in [0.15, 0.2) is 12.4 Å². The molecule has 0 aliphatic carbocycles. The summed E-state index contributed by atoms with van der Waals surface area (Å²) in [5.74, 6) is -0.910. The maximum atomic E-state index is 12.4. The number of hydrogen-bond donors (Lipinski definition) is 0. The molecule has 1 aliphatic heterocycles. The van der Waals surface area contributed by atoms with Gasteiger partial charge in [-0.2, -0.15) is 0 Å². The predicted octanol–water partition coefficient (Wildman–Crippen LogP) is 5.14. The first-order valence-electron chi connectivity index (χ1n) is 8.42. The molecule has 1 aliphatic rings. The van der Waals surface area contributed by atoms with Crippen molar-refractivity contribution in [2.24, 2.45) is 0 Å². The Morgan fingerprint density at radius 1 is 1.22 bits per heavy atom. The number of ether oxygens (including phenoxy) is 1. The lowest BCUT2D eigenvalue weighted by molar-refractivity contribution is -0.117. The minimum absolute atomic E-state index is 0.220. The fraction of sp³-hybridized carbons (Fsp3) is 0.238. The molecule has 0 amide bonds. The molecule has 0 aromatic heterocycles. The van der Waals surface area contributed by atoms with Crippen LogP contribution in [0, 0.1) is 0 Å². The lowest BCUT2D eigenvalue weighted by Crippen LogP contribution is -2.25. The Balaban J connectivity index is 1.74. The van der Waals surface area contributed by atoms with E-state index in [1.54, 1.807) is 24.3 Å². The average molecular weight is 449 g/mol. The normalized spacial score (nSPS) is 16.3. The van der Waals surface area contributed by atoms with Crippen molar-refractivity contribution in [2.75, 3.05) is 18.6 Å². The number of likely N-dealkylation sites (N-methyl/N-ethyl adjacent to an activating group) is 1. The summed E-state index contributed by atoms with van der Waals surface area (Å²) in [6.07, 6.45) is 1.55. The highest BCUT2D eigenvalue weighted by molar-refractivity contribution is 9.10. The number of nitrogens with zero attached hydrogens (tertiary/aromatic N) is 1. The Morgan fingerprint density at radius 3 is 2.63 bits per heavy atom. The quantitative estimate of drug-likeness (QED) is 0.480. The summed E-state index contributed by atoms with van der Waals surface area (Å²) in [6.45, 7) is 3.80. The summed E-state index contributed by atoms with van der Waals surface area (Å²) in [5.41, 5.74) is 3.00. The Bertz CT molecular complexity index is 952. The number of halogens is 2. The number of ketones is 1. The van der Waals surface area contributed by atoms with Crippen molar-refractivity contribution in [3.8, 4) is 0 Å². The number of anilines is 1. The van der Waals surface area contributed by atoms with Gasteiger partial charge in [-0.3, -0.25) is 4.79 Å². The number of esters is 1. The van der Waals surface area contributed by atoms with Crippen molar-refractivity contribution in [3.05, 3.63) is 74.9 Å². The van der Waals surface area contributed by atoms with Crippen molar-refractivity contribution >= 4 is 45.0 Å². The molecular formula is C21H19BrClNO3. The van der Waals surface area contributed by atoms with Gasteiger partial charge >= 0.3 is 5.97 Å². The summed E-state index contributed by atoms with van der Waals surface area (Å²) in [5, 5.41) is 0.279. The molecule has 140 valence electrons. The lowest BCUT2D eigenvalue weighted by Gasteiger charge is -2.23. The molecule has 0 saturated heterocycles. The van der Waals surface area contributed by atoms with E-state index >= 15 is 0 Å². The summed E-state index contributed by atoms with van der Waals surface area (Å²) < 4.78 is 5.87. The number of allylic oxidation sites excluding steroid dienone is 1. The van der Waals surface area contributed by atoms with Gasteiger partial charge in [0.05, 0.1) is 10.6 Å². The molecule has 6 heteroatoms. The highest BCUT2D eigenvalue weighted by atomic mass is 79.9. The summed E-state index contributed by atoms with van der Waals surface area (Å²) in [7, 11) is 1.93. The van der Waals surface area contributed by atoms with Crippen LogP contribution in [0.3, 0.4) is 0 Å². The van der Waals surface area contributed by atoms with Crippen molar-refractivity contribution in [1.82, 2.24) is 0 Å². The van der Waals surface area contributed by atoms with Crippen LogP contribution in [0.4, 0.5) is 5.69 Å². The number of carbonyl (C=O) groups excluding carboxylic acids is 2. The standard InChI is InChI=1S/C21H19BrClNO3/c1-21(2)16-6-4-5-7-18(16)24(3)19(21)11-14(25)12-27-20(26)15-10-13(22)8-9-17(15)23/h4-11H,12H2,1-3H3. The van der Waals surface area contributed by atoms with E-state index in [2.05, 4.69) is 35.8 Å². The van der Waals surface area contributed by atoms with Crippen molar-refractivity contribution in [2.45, 2.75) is 19.3 Å². The van der Waals surface area contributed by atoms with Crippen LogP contribution in [0.15, 0.2) is 58.7 Å². The topological polar surface area (TPSA) is 46.6 Å². The number of fused-ring (bicyclic) bond motifs is 1. The van der Waals surface area contributed by atoms with Crippen LogP contribution in [0.5, 0.6) is 0 Å². The molecule has 0 spiro atoms. The van der Waals surface area contributed by atoms with Crippen LogP contribution < -0.4 is 4.90 Å². The highest BCUT2D eigenvalue weighted by Crippen LogP contribution is 2.46. The molecule has 0 atom stereocenters. The van der Waals surface area contributed by atoms with E-state index in [4.69, 9.17) is 16.3 Å². The number of benzene rings is 2. The predicted molar refractivity (Wildman–Crippen MR) is 110 cm³/mol. The first kappa shape index (κ1) is 19.6. The highest BCUT2D eigenvalue weighted by Gasteiger charge is 2.38. The minimum atomic E-state index is -0.629. The monoisotopic (exact) mass is 447 g/mol. The van der Waals surface area contributed by atoms with Gasteiger partial charge in [0.1, 0.15) is 0 Å². The van der Waals surface area contributed by atoms with Gasteiger partial charge in [-0.1, -0.05) is 59.6 Å². The van der Waals surface area contributed by atoms with Crippen LogP contribution >= 0.6 is 27.5 Å². The molecule has 3 rings (SSSR count). The number of carbonyl (C=O) groups is 2. The molecule has 4 nitrogen and oxygen atoms in total. The van der Waals surface area contributed by atoms with E-state index in [0.717, 1.165) is 16.9 Å². The SMILES string of the molecule is CN1C(=CC(=O)COC(=O)c2cc(Br)ccc2Cl)C(C)(C)c2ccccc21. The van der Waals surface area contributed by atoms with Gasteiger partial charge in [0, 0.05) is 34.4 Å². The summed E-state index contributed by atoms with van der Waals surface area (Å²) >= 11 is 9.31. The zero-order valence-electron chi connectivity index (χ0n) is 15.3. The van der Waals surface area contributed by atoms with E-state index in [1.165, 1.54) is 0 Å². The minimum Gasteiger partial charge on any atom is -0.454 e. The number of hydrogen-bond acceptors (Lipinski definition) is 4. The molecule has 2 aromatic carbocycles. The third-order valence-corrected chi connectivity index (χ3v) is 5.55. The molecule has 0 saturated carbocycles. The molecule has 0 bridgehead atoms. The zero-order valence-corrected chi connectivity index (χ0v) is 17.6. The van der Waals surface area contributed by atoms with Gasteiger partial charge < -0.3 is 9.64 Å². The van der Waals surface area contributed by atoms with Gasteiger partial charge in [-0.05, 0) is 29.8 Å². The fourth-order valence-corrected chi connectivity index (χ4v) is 3.88. The van der Waals surface area contributed by atoms with E-state index < -0.39 is 5.97 Å². The summed E-state index contributed by atoms with van der Waals surface area (Å²) in [4.78, 5) is 26.7. The van der Waals surface area contributed by atoms with Crippen molar-refractivity contribution < 1.29 is 14.3 Å². The van der Waals surface area contributed by atoms with E-state index in [0.29, 0.717) is 4.47 Å². The van der Waals surface area contributed by atoms with Gasteiger partial charge in [0.25, 0.3) is 0 Å². The number of rotatable bonds is 4. The van der Waals surface area contributed by atoms with E-state index in [9.17, 15) is 9.59 Å². The Labute approximate surface area is 171 Å². The van der Waals surface area contributed by atoms with Crippen molar-refractivity contribution in [3.63, 3.8) is 0 Å². The maximum Gasteiger partial charge on any atom is 0.340 e. The van der Waals surface area contributed by atoms with Gasteiger partial charge in [0.2, 0.25) is 0 Å². The molecule has 0 fully saturated rings. The third kappa shape index (κ3) is 3.80. The first-order chi connectivity index (χ1) is 12.7. The van der Waals surface area contributed by atoms with Crippen molar-refractivity contribution in [1.29, 1.82) is 0 Å². The fourth-order valence-electron chi connectivity index (χ4n) is 3.32. The zero-order chi connectivity index (χ0) is 19.8. The molecule has 0 N–H and O–H groups in total. The number of para-hydroxylation sites is 1. The average Bonchev–Trinajstić information content (AvgIpc) is 2.83. The van der Waals surface area contributed by atoms with Crippen LogP contribution in [0.2, 0.25) is 5.02 Å². The maximum absolute atomic E-state index is 12.4. The smallest absolute Gasteiger partial charge is 0.340 e. The Kier molecular flexibility index (Phi) is 5.45. The summed E-state index contributed by atoms with van der Waals surface area (Å²) in [6, 6.07) is 12.9. The van der Waals surface area contributed by atoms with E-state index in [1.807, 2.05) is 30.1 Å². The molecule has 0 radical (unpaired) electrons. The Morgan fingerprint density at radius 2 is 1.93 bits per heavy atom. The van der Waals surface area contributed by atoms with E-state index in [-0.39, 0.29) is 28.4 Å². The van der Waals surface area contributed by atoms with Crippen LogP contribution in [0.1, 0.15) is 29.8 Å². The first-order valence-corrected chi connectivity index (χ1v) is 9.59. The van der Waals surface area contributed by atoms with Crippen LogP contribution in [-0.4, -0.2) is 25.4 Å². The second-order valence-corrected chi connectivity index (χ2v) is 8.22. The largest absolute Gasteiger partial charge is 0.454 e. The molecule has 27 heavy (non-hydrogen) atoms. The van der Waals surface area contributed by atoms with Crippen LogP contribution in [-0.2, 0) is 14.9 Å². The molecule has 2 aromatic rings. The lowest BCUT2D eigenvalue weighted by atomic mass is 9.83. The Hall–Kier alpha value is -2.11. The van der Waals surface area contributed by atoms with Crippen LogP contribution in [0.25, 0.3) is 0 Å². The molecular weight excluding hydrogens is 430 g/mol. The second kappa shape index (κ2) is 7.49. The second-order valence-electron chi connectivity index (χ2n) is 6.90.